The summed E-state index contributed by atoms with van der Waals surface area (Å²) in [6.07, 6.45) is 3.07. The van der Waals surface area contributed by atoms with Crippen molar-refractivity contribution < 1.29 is 71.5 Å². The van der Waals surface area contributed by atoms with Gasteiger partial charge >= 0.3 is 5.97 Å². The highest BCUT2D eigenvalue weighted by Crippen LogP contribution is 2.04. The van der Waals surface area contributed by atoms with Crippen molar-refractivity contribution in [2.45, 2.75) is 25.7 Å². The van der Waals surface area contributed by atoms with Crippen LogP contribution in [0.4, 0.5) is 0 Å². The molecule has 0 aromatic heterocycles. The Morgan fingerprint density at radius 1 is 0.633 bits per heavy atom. The minimum atomic E-state index is -0.609. The Kier molecular flexibility index (Phi) is 27.3. The largest absolute Gasteiger partial charge is 0.378 e. The fourth-order valence-electron chi connectivity index (χ4n) is 3.60. The highest BCUT2D eigenvalue weighted by molar-refractivity contribution is 6.13. The van der Waals surface area contributed by atoms with Crippen LogP contribution in [0, 0.1) is 0 Å². The number of imide groups is 1. The first-order chi connectivity index (χ1) is 23.8. The van der Waals surface area contributed by atoms with E-state index in [9.17, 15) is 28.8 Å². The average Bonchev–Trinajstić information content (AvgIpc) is 3.41. The lowest BCUT2D eigenvalue weighted by molar-refractivity contribution is -0.193. The molecule has 280 valence electrons. The molecule has 0 aromatic carbocycles. The zero-order valence-corrected chi connectivity index (χ0v) is 28.3. The van der Waals surface area contributed by atoms with Crippen molar-refractivity contribution in [1.29, 1.82) is 0 Å². The van der Waals surface area contributed by atoms with Gasteiger partial charge in [0.15, 0.2) is 0 Å². The minimum Gasteiger partial charge on any atom is -0.378 e. The second-order valence-electron chi connectivity index (χ2n) is 9.97. The fraction of sp³-hybridized carbons (Fsp3) is 0.742. The second-order valence-corrected chi connectivity index (χ2v) is 9.97. The van der Waals surface area contributed by atoms with Crippen LogP contribution in [0.1, 0.15) is 25.7 Å². The highest BCUT2D eigenvalue weighted by atomic mass is 16.7. The van der Waals surface area contributed by atoms with Gasteiger partial charge in [0, 0.05) is 51.6 Å². The lowest BCUT2D eigenvalue weighted by Crippen LogP contribution is -2.35. The number of hydrogen-bond acceptors (Lipinski definition) is 15. The molecule has 1 rings (SSSR count). The van der Waals surface area contributed by atoms with Gasteiger partial charge in [0.05, 0.1) is 112 Å². The molecule has 0 aromatic rings. The number of hydroxylamine groups is 2. The van der Waals surface area contributed by atoms with Crippen molar-refractivity contribution in [3.8, 4) is 0 Å². The van der Waals surface area contributed by atoms with E-state index in [0.717, 1.165) is 9.96 Å². The van der Waals surface area contributed by atoms with E-state index in [1.54, 1.807) is 0 Å². The van der Waals surface area contributed by atoms with Gasteiger partial charge in [-0.15, -0.1) is 0 Å². The molecule has 0 atom stereocenters. The maximum Gasteiger partial charge on any atom is 0.334 e. The Bertz CT molecular complexity index is 964. The Hall–Kier alpha value is -3.36. The summed E-state index contributed by atoms with van der Waals surface area (Å²) in [4.78, 5) is 74.0. The second kappa shape index (κ2) is 30.7. The number of carbonyl (C=O) groups is 6. The molecule has 0 unspecified atom stereocenters. The standard InChI is InChI=1S/C31H51N3O15/c1-33(28(37)3-2-10-35)49-31(40)7-11-41-13-15-43-17-19-45-21-23-47-25-26-48-24-22-46-20-18-44-16-14-42-12-8-32-27(36)6-9-34-29(38)4-5-30(34)39/h4-5,10H,2-3,6-9,11-26H2,1H3,(H,32,36). The number of rotatable bonds is 33. The molecule has 1 N–H and O–H groups in total. The third-order valence-corrected chi connectivity index (χ3v) is 6.15. The minimum absolute atomic E-state index is 0.0172. The van der Waals surface area contributed by atoms with Crippen molar-refractivity contribution in [2.24, 2.45) is 0 Å². The summed E-state index contributed by atoms with van der Waals surface area (Å²) < 4.78 is 43.2. The van der Waals surface area contributed by atoms with Crippen LogP contribution in [-0.2, 0) is 71.5 Å². The van der Waals surface area contributed by atoms with E-state index in [-0.39, 0.29) is 44.7 Å². The van der Waals surface area contributed by atoms with Crippen LogP contribution in [0.25, 0.3) is 0 Å². The molecule has 0 saturated heterocycles. The molecule has 49 heavy (non-hydrogen) atoms. The number of ether oxygens (including phenoxy) is 8. The third-order valence-electron chi connectivity index (χ3n) is 6.15. The number of carbonyl (C=O) groups excluding carboxylic acids is 6. The van der Waals surface area contributed by atoms with E-state index in [2.05, 4.69) is 5.32 Å². The SMILES string of the molecule is CN(OC(=O)CCOCCOCCOCCOCCOCCOCCOCCOCCNC(=O)CCN1C(=O)C=CC1=O)C(=O)CCC=O. The molecular formula is C31H51N3O15. The molecule has 1 aliphatic heterocycles. The molecule has 18 nitrogen and oxygen atoms in total. The van der Waals surface area contributed by atoms with E-state index < -0.39 is 23.7 Å². The lowest BCUT2D eigenvalue weighted by Gasteiger charge is -2.15. The first-order valence-corrected chi connectivity index (χ1v) is 16.2. The molecule has 0 saturated carbocycles. The molecule has 18 heteroatoms. The van der Waals surface area contributed by atoms with Gasteiger partial charge in [-0.1, -0.05) is 0 Å². The Morgan fingerprint density at radius 3 is 1.47 bits per heavy atom. The zero-order chi connectivity index (χ0) is 35.8. The number of aldehydes is 1. The van der Waals surface area contributed by atoms with Crippen LogP contribution >= 0.6 is 0 Å². The monoisotopic (exact) mass is 705 g/mol. The molecule has 0 bridgehead atoms. The topological polar surface area (TPSA) is 204 Å². The summed E-state index contributed by atoms with van der Waals surface area (Å²) in [7, 11) is 1.32. The van der Waals surface area contributed by atoms with Gasteiger partial charge in [-0.05, 0) is 0 Å². The molecule has 1 heterocycles. The first kappa shape index (κ1) is 43.7. The first-order valence-electron chi connectivity index (χ1n) is 16.2. The van der Waals surface area contributed by atoms with Crippen LogP contribution in [0.2, 0.25) is 0 Å². The predicted molar refractivity (Wildman–Crippen MR) is 169 cm³/mol. The highest BCUT2D eigenvalue weighted by Gasteiger charge is 2.23. The van der Waals surface area contributed by atoms with Gasteiger partial charge in [0.1, 0.15) is 6.29 Å². The molecule has 1 aliphatic rings. The number of nitrogens with zero attached hydrogens (tertiary/aromatic N) is 2. The van der Waals surface area contributed by atoms with E-state index in [4.69, 9.17) is 42.7 Å². The summed E-state index contributed by atoms with van der Waals surface area (Å²) in [5.74, 6) is -2.14. The van der Waals surface area contributed by atoms with Crippen LogP contribution < -0.4 is 5.32 Å². The Labute approximate surface area is 286 Å². The van der Waals surface area contributed by atoms with Crippen molar-refractivity contribution in [1.82, 2.24) is 15.3 Å². The molecule has 0 spiro atoms. The molecule has 0 radical (unpaired) electrons. The molecule has 0 fully saturated rings. The van der Waals surface area contributed by atoms with Gasteiger partial charge in [0.25, 0.3) is 17.7 Å². The lowest BCUT2D eigenvalue weighted by atomic mass is 10.3. The summed E-state index contributed by atoms with van der Waals surface area (Å²) in [6.45, 7) is 6.41. The summed E-state index contributed by atoms with van der Waals surface area (Å²) >= 11 is 0. The number of hydrogen-bond donors (Lipinski definition) is 1. The molecule has 4 amide bonds. The van der Waals surface area contributed by atoms with E-state index >= 15 is 0 Å². The van der Waals surface area contributed by atoms with Crippen molar-refractivity contribution in [3.63, 3.8) is 0 Å². The van der Waals surface area contributed by atoms with Crippen molar-refractivity contribution in [3.05, 3.63) is 12.2 Å². The van der Waals surface area contributed by atoms with Gasteiger partial charge in [0.2, 0.25) is 5.91 Å². The molecular weight excluding hydrogens is 654 g/mol. The average molecular weight is 706 g/mol. The van der Waals surface area contributed by atoms with E-state index in [1.807, 2.05) is 0 Å². The normalized spacial score (nSPS) is 12.5. The number of amides is 4. The van der Waals surface area contributed by atoms with Gasteiger partial charge in [-0.25, -0.2) is 4.79 Å². The smallest absolute Gasteiger partial charge is 0.334 e. The zero-order valence-electron chi connectivity index (χ0n) is 28.3. The van der Waals surface area contributed by atoms with E-state index in [0.29, 0.717) is 112 Å². The van der Waals surface area contributed by atoms with Crippen LogP contribution in [0.5, 0.6) is 0 Å². The maximum atomic E-state index is 11.8. The summed E-state index contributed by atoms with van der Waals surface area (Å²) in [6, 6.07) is 0. The van der Waals surface area contributed by atoms with Crippen LogP contribution in [0.15, 0.2) is 12.2 Å². The van der Waals surface area contributed by atoms with Crippen molar-refractivity contribution in [2.75, 3.05) is 126 Å². The third kappa shape index (κ3) is 25.3. The van der Waals surface area contributed by atoms with Crippen LogP contribution in [0.3, 0.4) is 0 Å². The van der Waals surface area contributed by atoms with E-state index in [1.165, 1.54) is 19.2 Å². The predicted octanol–water partition coefficient (Wildman–Crippen LogP) is -1.16. The fourth-order valence-corrected chi connectivity index (χ4v) is 3.60. The number of nitrogens with one attached hydrogen (secondary N) is 1. The Balaban J connectivity index is 1.71. The van der Waals surface area contributed by atoms with Gasteiger partial charge in [-0.2, -0.15) is 5.06 Å². The van der Waals surface area contributed by atoms with Crippen LogP contribution in [-0.4, -0.2) is 172 Å². The summed E-state index contributed by atoms with van der Waals surface area (Å²) in [5.41, 5.74) is 0. The Morgan fingerprint density at radius 2 is 1.04 bits per heavy atom. The van der Waals surface area contributed by atoms with Gasteiger partial charge < -0.3 is 52.8 Å². The van der Waals surface area contributed by atoms with Crippen molar-refractivity contribution >= 4 is 35.9 Å². The molecule has 0 aliphatic carbocycles. The summed E-state index contributed by atoms with van der Waals surface area (Å²) in [5, 5.41) is 3.48. The van der Waals surface area contributed by atoms with Gasteiger partial charge in [-0.3, -0.25) is 24.1 Å². The maximum absolute atomic E-state index is 11.8. The quantitative estimate of drug-likeness (QED) is 0.0370.